The van der Waals surface area contributed by atoms with Gasteiger partial charge in [0.1, 0.15) is 12.1 Å². The highest BCUT2D eigenvalue weighted by Gasteiger charge is 2.26. The van der Waals surface area contributed by atoms with Gasteiger partial charge in [0.15, 0.2) is 11.5 Å². The van der Waals surface area contributed by atoms with Gasteiger partial charge in [0.25, 0.3) is 0 Å². The number of amides is 1. The van der Waals surface area contributed by atoms with Crippen LogP contribution in [-0.2, 0) is 22.6 Å². The molecule has 11 nitrogen and oxygen atoms in total. The summed E-state index contributed by atoms with van der Waals surface area (Å²) in [5, 5.41) is 0. The number of hydrogen-bond acceptors (Lipinski definition) is 8. The molecule has 1 atom stereocenters. The van der Waals surface area contributed by atoms with E-state index >= 15 is 0 Å². The summed E-state index contributed by atoms with van der Waals surface area (Å²) in [5.41, 5.74) is 8.62. The molecule has 1 saturated heterocycles. The van der Waals surface area contributed by atoms with Gasteiger partial charge in [-0.15, -0.1) is 0 Å². The van der Waals surface area contributed by atoms with Gasteiger partial charge < -0.3 is 25.1 Å². The van der Waals surface area contributed by atoms with Crippen LogP contribution in [0.4, 0.5) is 5.82 Å². The first-order valence-corrected chi connectivity index (χ1v) is 11.3. The maximum absolute atomic E-state index is 12.6. The van der Waals surface area contributed by atoms with Crippen LogP contribution in [0.1, 0.15) is 24.5 Å². The molecule has 4 rings (SSSR count). The van der Waals surface area contributed by atoms with E-state index in [1.807, 2.05) is 24.1 Å². The molecule has 2 aromatic heterocycles. The number of aromatic nitrogens is 4. The topological polar surface area (TPSA) is 132 Å². The average Bonchev–Trinajstić information content (AvgIpc) is 3.40. The number of hydrogen-bond donors (Lipinski definition) is 2. The summed E-state index contributed by atoms with van der Waals surface area (Å²) in [6.07, 6.45) is 0.986. The standard InChI is InChI=1S/C23H31N7O4/c1-15(31)28(2)18-8-9-29(14-18)12-16-4-6-17(7-5-16)13-30-21-19(25-23(30)32)20(24)26-22(27-21)34-11-10-33-3/h4-7,18H,8-14H2,1-3H3,(H,25,32)(H2,24,26,27). The van der Waals surface area contributed by atoms with Gasteiger partial charge in [0.05, 0.1) is 13.2 Å². The zero-order chi connectivity index (χ0) is 24.2. The summed E-state index contributed by atoms with van der Waals surface area (Å²) in [4.78, 5) is 39.6. The van der Waals surface area contributed by atoms with Gasteiger partial charge in [-0.3, -0.25) is 14.3 Å². The molecular formula is C23H31N7O4. The second kappa shape index (κ2) is 10.2. The zero-order valence-corrected chi connectivity index (χ0v) is 19.8. The fourth-order valence-corrected chi connectivity index (χ4v) is 4.18. The van der Waals surface area contributed by atoms with E-state index in [4.69, 9.17) is 15.2 Å². The van der Waals surface area contributed by atoms with E-state index in [0.717, 1.165) is 31.6 Å². The lowest BCUT2D eigenvalue weighted by Crippen LogP contribution is -2.37. The highest BCUT2D eigenvalue weighted by molar-refractivity contribution is 5.82. The first-order valence-electron chi connectivity index (χ1n) is 11.3. The van der Waals surface area contributed by atoms with E-state index in [1.54, 1.807) is 14.0 Å². The summed E-state index contributed by atoms with van der Waals surface area (Å²) in [6.45, 7) is 5.27. The van der Waals surface area contributed by atoms with E-state index in [-0.39, 0.29) is 36.1 Å². The smallest absolute Gasteiger partial charge is 0.328 e. The molecule has 1 aromatic carbocycles. The zero-order valence-electron chi connectivity index (χ0n) is 19.8. The number of aromatic amines is 1. The van der Waals surface area contributed by atoms with Crippen molar-refractivity contribution >= 4 is 22.9 Å². The number of nitrogens with two attached hydrogens (primary N) is 1. The Morgan fingerprint density at radius 1 is 1.21 bits per heavy atom. The molecule has 1 amide bonds. The van der Waals surface area contributed by atoms with Crippen molar-refractivity contribution in [1.29, 1.82) is 0 Å². The van der Waals surface area contributed by atoms with E-state index in [1.165, 1.54) is 10.1 Å². The Balaban J connectivity index is 1.45. The third-order valence-electron chi connectivity index (χ3n) is 6.21. The van der Waals surface area contributed by atoms with E-state index in [0.29, 0.717) is 24.3 Å². The lowest BCUT2D eigenvalue weighted by molar-refractivity contribution is -0.129. The normalized spacial score (nSPS) is 16.3. The first kappa shape index (κ1) is 23.7. The number of rotatable bonds is 9. The molecular weight excluding hydrogens is 438 g/mol. The highest BCUT2D eigenvalue weighted by Crippen LogP contribution is 2.20. The van der Waals surface area contributed by atoms with E-state index < -0.39 is 0 Å². The predicted octanol–water partition coefficient (Wildman–Crippen LogP) is 0.828. The summed E-state index contributed by atoms with van der Waals surface area (Å²) in [7, 11) is 3.44. The van der Waals surface area contributed by atoms with Crippen LogP contribution in [0.5, 0.6) is 6.01 Å². The number of anilines is 1. The largest absolute Gasteiger partial charge is 0.461 e. The molecule has 3 aromatic rings. The Morgan fingerprint density at radius 2 is 1.91 bits per heavy atom. The number of H-pyrrole nitrogens is 1. The molecule has 0 saturated carbocycles. The SMILES string of the molecule is COCCOc1nc(N)c2[nH]c(=O)n(Cc3ccc(CN4CCC(N(C)C(C)=O)C4)cc3)c2n1. The fraction of sp³-hybridized carbons (Fsp3) is 0.478. The minimum Gasteiger partial charge on any atom is -0.461 e. The lowest BCUT2D eigenvalue weighted by atomic mass is 10.1. The minimum atomic E-state index is -0.313. The van der Waals surface area contributed by atoms with Gasteiger partial charge >= 0.3 is 11.7 Å². The van der Waals surface area contributed by atoms with Gasteiger partial charge in [0.2, 0.25) is 5.91 Å². The molecule has 1 aliphatic rings. The molecule has 1 aliphatic heterocycles. The van der Waals surface area contributed by atoms with Gasteiger partial charge in [-0.25, -0.2) is 4.79 Å². The molecule has 3 heterocycles. The predicted molar refractivity (Wildman–Crippen MR) is 128 cm³/mol. The molecule has 1 unspecified atom stereocenters. The molecule has 1 fully saturated rings. The van der Waals surface area contributed by atoms with Gasteiger partial charge in [0, 0.05) is 46.8 Å². The maximum atomic E-state index is 12.6. The van der Waals surface area contributed by atoms with Crippen LogP contribution in [0, 0.1) is 0 Å². The van der Waals surface area contributed by atoms with E-state index in [9.17, 15) is 9.59 Å². The van der Waals surface area contributed by atoms with Crippen LogP contribution in [0.25, 0.3) is 11.2 Å². The number of likely N-dealkylation sites (tertiary alicyclic amines) is 1. The van der Waals surface area contributed by atoms with Gasteiger partial charge in [-0.05, 0) is 17.5 Å². The van der Waals surface area contributed by atoms with Crippen molar-refractivity contribution in [2.24, 2.45) is 0 Å². The summed E-state index contributed by atoms with van der Waals surface area (Å²) in [6, 6.07) is 8.53. The number of nitrogens with one attached hydrogen (secondary N) is 1. The molecule has 0 radical (unpaired) electrons. The average molecular weight is 470 g/mol. The number of carbonyl (C=O) groups is 1. The molecule has 11 heteroatoms. The Kier molecular flexibility index (Phi) is 7.13. The minimum absolute atomic E-state index is 0.101. The highest BCUT2D eigenvalue weighted by atomic mass is 16.5. The van der Waals surface area contributed by atoms with Crippen LogP contribution in [0.3, 0.4) is 0 Å². The van der Waals surface area contributed by atoms with Crippen molar-refractivity contribution < 1.29 is 14.3 Å². The molecule has 182 valence electrons. The fourth-order valence-electron chi connectivity index (χ4n) is 4.18. The first-order chi connectivity index (χ1) is 16.4. The monoisotopic (exact) mass is 469 g/mol. The number of methoxy groups -OCH3 is 1. The Morgan fingerprint density at radius 3 is 2.59 bits per heavy atom. The number of imidazole rings is 1. The second-order valence-electron chi connectivity index (χ2n) is 8.57. The van der Waals surface area contributed by atoms with Crippen molar-refractivity contribution in [3.63, 3.8) is 0 Å². The molecule has 0 bridgehead atoms. The van der Waals surface area contributed by atoms with Crippen LogP contribution in [0.2, 0.25) is 0 Å². The number of nitrogens with zero attached hydrogens (tertiary/aromatic N) is 5. The molecule has 0 spiro atoms. The van der Waals surface area contributed by atoms with Gasteiger partial charge in [-0.1, -0.05) is 24.3 Å². The summed E-state index contributed by atoms with van der Waals surface area (Å²) in [5.74, 6) is 0.257. The quantitative estimate of drug-likeness (QED) is 0.441. The number of carbonyl (C=O) groups excluding carboxylic acids is 1. The van der Waals surface area contributed by atoms with Crippen molar-refractivity contribution in [1.82, 2.24) is 29.3 Å². The Hall–Kier alpha value is -3.44. The van der Waals surface area contributed by atoms with Crippen molar-refractivity contribution in [2.45, 2.75) is 32.5 Å². The molecule has 3 N–H and O–H groups in total. The van der Waals surface area contributed by atoms with Crippen LogP contribution >= 0.6 is 0 Å². The van der Waals surface area contributed by atoms with Crippen molar-refractivity contribution in [3.05, 3.63) is 45.9 Å². The second-order valence-corrected chi connectivity index (χ2v) is 8.57. The number of nitrogen functional groups attached to an aromatic ring is 1. The van der Waals surface area contributed by atoms with Crippen molar-refractivity contribution in [3.8, 4) is 6.01 Å². The maximum Gasteiger partial charge on any atom is 0.328 e. The number of likely N-dealkylation sites (N-methyl/N-ethyl adjacent to an activating group) is 1. The van der Waals surface area contributed by atoms with Crippen LogP contribution in [-0.4, -0.2) is 81.7 Å². The van der Waals surface area contributed by atoms with Gasteiger partial charge in [-0.2, -0.15) is 9.97 Å². The molecule has 34 heavy (non-hydrogen) atoms. The van der Waals surface area contributed by atoms with Crippen molar-refractivity contribution in [2.75, 3.05) is 46.2 Å². The third kappa shape index (κ3) is 5.20. The number of ether oxygens (including phenoxy) is 2. The van der Waals surface area contributed by atoms with E-state index in [2.05, 4.69) is 32.0 Å². The number of benzene rings is 1. The lowest BCUT2D eigenvalue weighted by Gasteiger charge is -2.23. The van der Waals surface area contributed by atoms with Crippen LogP contribution < -0.4 is 16.2 Å². The summed E-state index contributed by atoms with van der Waals surface area (Å²) >= 11 is 0. The molecule has 0 aliphatic carbocycles. The summed E-state index contributed by atoms with van der Waals surface area (Å²) < 4.78 is 12.0. The third-order valence-corrected chi connectivity index (χ3v) is 6.21. The number of fused-ring (bicyclic) bond motifs is 1. The Labute approximate surface area is 197 Å². The van der Waals surface area contributed by atoms with Crippen LogP contribution in [0.15, 0.2) is 29.1 Å². The Bertz CT molecular complexity index is 1200.